The predicted molar refractivity (Wildman–Crippen MR) is 103 cm³/mol. The molecule has 5 heteroatoms. The van der Waals surface area contributed by atoms with Crippen LogP contribution in [0.15, 0.2) is 29.3 Å². The molecular weight excluding hydrogens is 314 g/mol. The predicted octanol–water partition coefficient (Wildman–Crippen LogP) is 2.95. The minimum atomic E-state index is 0.796. The number of nitrogens with zero attached hydrogens (tertiary/aromatic N) is 2. The second-order valence-corrected chi connectivity index (χ2v) is 6.69. The summed E-state index contributed by atoms with van der Waals surface area (Å²) in [6.07, 6.45) is 5.74. The third kappa shape index (κ3) is 6.94. The van der Waals surface area contributed by atoms with Crippen LogP contribution in [0.1, 0.15) is 31.2 Å². The first-order valence-corrected chi connectivity index (χ1v) is 9.35. The van der Waals surface area contributed by atoms with Crippen LogP contribution in [-0.2, 0) is 11.2 Å². The van der Waals surface area contributed by atoms with Crippen molar-refractivity contribution in [1.29, 1.82) is 0 Å². The van der Waals surface area contributed by atoms with Crippen LogP contribution >= 0.6 is 0 Å². The van der Waals surface area contributed by atoms with E-state index in [9.17, 15) is 0 Å². The molecule has 0 spiro atoms. The Morgan fingerprint density at radius 3 is 2.64 bits per heavy atom. The minimum Gasteiger partial charge on any atom is -0.497 e. The molecule has 0 saturated carbocycles. The third-order valence-corrected chi connectivity index (χ3v) is 4.87. The zero-order valence-corrected chi connectivity index (χ0v) is 16.0. The number of aliphatic imine (C=N–C) groups is 1. The van der Waals surface area contributed by atoms with E-state index in [1.807, 2.05) is 19.2 Å². The summed E-state index contributed by atoms with van der Waals surface area (Å²) in [5.74, 6) is 2.69. The van der Waals surface area contributed by atoms with Crippen molar-refractivity contribution < 1.29 is 9.47 Å². The molecular formula is C20H33N3O2. The van der Waals surface area contributed by atoms with Crippen LogP contribution < -0.4 is 10.1 Å². The second kappa shape index (κ2) is 11.0. The number of aryl methyl sites for hydroxylation is 1. The number of hydrogen-bond acceptors (Lipinski definition) is 3. The van der Waals surface area contributed by atoms with Gasteiger partial charge in [-0.25, -0.2) is 0 Å². The number of rotatable bonds is 8. The highest BCUT2D eigenvalue weighted by molar-refractivity contribution is 5.79. The number of ether oxygens (including phenoxy) is 2. The molecule has 1 heterocycles. The fourth-order valence-corrected chi connectivity index (χ4v) is 3.19. The molecule has 0 atom stereocenters. The Kier molecular flexibility index (Phi) is 8.60. The lowest BCUT2D eigenvalue weighted by molar-refractivity contribution is 0.0625. The van der Waals surface area contributed by atoms with Crippen molar-refractivity contribution in [1.82, 2.24) is 10.2 Å². The summed E-state index contributed by atoms with van der Waals surface area (Å²) in [6, 6.07) is 8.30. The van der Waals surface area contributed by atoms with Crippen LogP contribution in [0.25, 0.3) is 0 Å². The smallest absolute Gasteiger partial charge is 0.193 e. The Morgan fingerprint density at radius 2 is 2.00 bits per heavy atom. The first-order chi connectivity index (χ1) is 12.2. The van der Waals surface area contributed by atoms with Gasteiger partial charge in [0.1, 0.15) is 5.75 Å². The van der Waals surface area contributed by atoms with Gasteiger partial charge >= 0.3 is 0 Å². The summed E-state index contributed by atoms with van der Waals surface area (Å²) in [6.45, 7) is 3.82. The highest BCUT2D eigenvalue weighted by Crippen LogP contribution is 2.18. The molecule has 1 aromatic carbocycles. The molecule has 0 aromatic heterocycles. The highest BCUT2D eigenvalue weighted by atomic mass is 16.5. The van der Waals surface area contributed by atoms with Gasteiger partial charge in [0.25, 0.3) is 0 Å². The molecule has 1 fully saturated rings. The zero-order chi connectivity index (χ0) is 17.9. The van der Waals surface area contributed by atoms with E-state index in [1.165, 1.54) is 24.8 Å². The van der Waals surface area contributed by atoms with Gasteiger partial charge in [0.15, 0.2) is 5.96 Å². The van der Waals surface area contributed by atoms with Crippen molar-refractivity contribution in [2.75, 3.05) is 47.5 Å². The molecule has 0 aliphatic carbocycles. The summed E-state index contributed by atoms with van der Waals surface area (Å²) in [7, 11) is 5.68. The van der Waals surface area contributed by atoms with Crippen LogP contribution in [-0.4, -0.2) is 58.4 Å². The summed E-state index contributed by atoms with van der Waals surface area (Å²) in [5, 5.41) is 3.48. The molecule has 1 N–H and O–H groups in total. The molecule has 1 saturated heterocycles. The number of guanidine groups is 1. The van der Waals surface area contributed by atoms with Crippen LogP contribution in [0.3, 0.4) is 0 Å². The Bertz CT molecular complexity index is 510. The molecule has 2 rings (SSSR count). The maximum Gasteiger partial charge on any atom is 0.193 e. The molecule has 0 radical (unpaired) electrons. The summed E-state index contributed by atoms with van der Waals surface area (Å²) < 4.78 is 10.6. The third-order valence-electron chi connectivity index (χ3n) is 4.87. The molecule has 5 nitrogen and oxygen atoms in total. The number of nitrogens with one attached hydrogen (secondary N) is 1. The minimum absolute atomic E-state index is 0.796. The monoisotopic (exact) mass is 347 g/mol. The lowest BCUT2D eigenvalue weighted by Crippen LogP contribution is -2.40. The average molecular weight is 348 g/mol. The maximum atomic E-state index is 5.43. The van der Waals surface area contributed by atoms with Gasteiger partial charge in [-0.2, -0.15) is 0 Å². The van der Waals surface area contributed by atoms with Gasteiger partial charge in [-0.3, -0.25) is 4.99 Å². The van der Waals surface area contributed by atoms with Gasteiger partial charge in [-0.15, -0.1) is 0 Å². The van der Waals surface area contributed by atoms with Gasteiger partial charge in [0.05, 0.1) is 7.11 Å². The summed E-state index contributed by atoms with van der Waals surface area (Å²) in [5.41, 5.74) is 1.34. The first-order valence-electron chi connectivity index (χ1n) is 9.35. The van der Waals surface area contributed by atoms with Crippen LogP contribution in [0, 0.1) is 5.92 Å². The van der Waals surface area contributed by atoms with Crippen LogP contribution in [0.4, 0.5) is 0 Å². The largest absolute Gasteiger partial charge is 0.497 e. The second-order valence-electron chi connectivity index (χ2n) is 6.69. The number of hydrogen-bond donors (Lipinski definition) is 1. The van der Waals surface area contributed by atoms with Gasteiger partial charge < -0.3 is 19.7 Å². The fourth-order valence-electron chi connectivity index (χ4n) is 3.19. The number of benzene rings is 1. The zero-order valence-electron chi connectivity index (χ0n) is 16.0. The van der Waals surface area contributed by atoms with Gasteiger partial charge in [-0.1, -0.05) is 12.1 Å². The average Bonchev–Trinajstić information content (AvgIpc) is 2.67. The van der Waals surface area contributed by atoms with Crippen molar-refractivity contribution in [3.05, 3.63) is 29.8 Å². The van der Waals surface area contributed by atoms with Crippen molar-refractivity contribution >= 4 is 5.96 Å². The van der Waals surface area contributed by atoms with Gasteiger partial charge in [0.2, 0.25) is 0 Å². The van der Waals surface area contributed by atoms with Crippen molar-refractivity contribution in [2.24, 2.45) is 10.9 Å². The summed E-state index contributed by atoms with van der Waals surface area (Å²) >= 11 is 0. The maximum absolute atomic E-state index is 5.43. The fraction of sp³-hybridized carbons (Fsp3) is 0.650. The van der Waals surface area contributed by atoms with Crippen molar-refractivity contribution in [3.8, 4) is 5.75 Å². The molecule has 1 aliphatic rings. The topological polar surface area (TPSA) is 46.1 Å². The lowest BCUT2D eigenvalue weighted by Gasteiger charge is -2.26. The standard InChI is InChI=1S/C20H33N3O2/c1-21-20(23(2)14-10-18-11-15-25-16-12-18)22-13-4-5-17-6-8-19(24-3)9-7-17/h6-9,18H,4-5,10-16H2,1-3H3,(H,21,22). The van der Waals surface area contributed by atoms with E-state index in [1.54, 1.807) is 7.11 Å². The van der Waals surface area contributed by atoms with Crippen molar-refractivity contribution in [2.45, 2.75) is 32.1 Å². The molecule has 1 aliphatic heterocycles. The molecule has 25 heavy (non-hydrogen) atoms. The van der Waals surface area contributed by atoms with E-state index in [-0.39, 0.29) is 0 Å². The van der Waals surface area contributed by atoms with E-state index in [2.05, 4.69) is 34.4 Å². The molecule has 0 bridgehead atoms. The van der Waals surface area contributed by atoms with E-state index in [4.69, 9.17) is 9.47 Å². The van der Waals surface area contributed by atoms with E-state index < -0.39 is 0 Å². The van der Waals surface area contributed by atoms with Gasteiger partial charge in [0, 0.05) is 40.4 Å². The molecule has 0 unspecified atom stereocenters. The van der Waals surface area contributed by atoms with Gasteiger partial charge in [-0.05, 0) is 55.7 Å². The Morgan fingerprint density at radius 1 is 1.28 bits per heavy atom. The molecule has 140 valence electrons. The highest BCUT2D eigenvalue weighted by Gasteiger charge is 2.15. The molecule has 1 aromatic rings. The van der Waals surface area contributed by atoms with Crippen LogP contribution in [0.5, 0.6) is 5.75 Å². The summed E-state index contributed by atoms with van der Waals surface area (Å²) in [4.78, 5) is 6.65. The normalized spacial score (nSPS) is 15.9. The van der Waals surface area contributed by atoms with E-state index in [0.717, 1.165) is 56.8 Å². The lowest BCUT2D eigenvalue weighted by atomic mass is 9.96. The number of methoxy groups -OCH3 is 1. The van der Waals surface area contributed by atoms with Crippen molar-refractivity contribution in [3.63, 3.8) is 0 Å². The SMILES string of the molecule is CN=C(NCCCc1ccc(OC)cc1)N(C)CCC1CCOCC1. The first kappa shape index (κ1) is 19.6. The Balaban J connectivity index is 1.64. The Labute approximate surface area is 152 Å². The quantitative estimate of drug-likeness (QED) is 0.446. The Hall–Kier alpha value is -1.75. The van der Waals surface area contributed by atoms with E-state index >= 15 is 0 Å². The van der Waals surface area contributed by atoms with E-state index in [0.29, 0.717) is 0 Å². The van der Waals surface area contributed by atoms with Crippen LogP contribution in [0.2, 0.25) is 0 Å². The molecule has 0 amide bonds.